The Bertz CT molecular complexity index is 256. The van der Waals surface area contributed by atoms with Gasteiger partial charge in [0.25, 0.3) is 0 Å². The van der Waals surface area contributed by atoms with Crippen molar-refractivity contribution in [2.75, 3.05) is 0 Å². The first kappa shape index (κ1) is 10.8. The average molecular weight is 290 g/mol. The molecule has 70 valence electrons. The van der Waals surface area contributed by atoms with Gasteiger partial charge in [0, 0.05) is 0 Å². The molecule has 13 heavy (non-hydrogen) atoms. The maximum atomic E-state index is 11.6. The number of rotatable bonds is 5. The van der Waals surface area contributed by atoms with Gasteiger partial charge in [0.15, 0.2) is 0 Å². The fraction of sp³-hybridized carbons (Fsp3) is 0.364. The minimum atomic E-state index is -0.435. The Morgan fingerprint density at radius 2 is 2.00 bits per heavy atom. The van der Waals surface area contributed by atoms with E-state index in [4.69, 9.17) is 0 Å². The Balaban J connectivity index is 2.40. The maximum absolute atomic E-state index is 11.6. The fourth-order valence-corrected chi connectivity index (χ4v) is 3.60. The molecule has 0 atom stereocenters. The number of hydrogen-bond acceptors (Lipinski definition) is 1. The molecule has 0 bridgehead atoms. The summed E-state index contributed by atoms with van der Waals surface area (Å²) in [5.74, 6) is 0. The van der Waals surface area contributed by atoms with E-state index in [2.05, 4.69) is 6.92 Å². The van der Waals surface area contributed by atoms with Crippen molar-refractivity contribution in [1.29, 1.82) is 0 Å². The summed E-state index contributed by atoms with van der Waals surface area (Å²) in [5, 5.41) is 0. The fourth-order valence-electron chi connectivity index (χ4n) is 0.967. The Hall–Kier alpha value is -0.320. The third kappa shape index (κ3) is 3.93. The zero-order valence-corrected chi connectivity index (χ0v) is 10.2. The molecule has 0 aliphatic heterocycles. The van der Waals surface area contributed by atoms with E-state index in [1.807, 2.05) is 30.3 Å². The van der Waals surface area contributed by atoms with E-state index >= 15 is 0 Å². The van der Waals surface area contributed by atoms with E-state index in [1.165, 1.54) is 12.8 Å². The summed E-state index contributed by atoms with van der Waals surface area (Å²) < 4.78 is 1.55. The molecule has 0 radical (unpaired) electrons. The summed E-state index contributed by atoms with van der Waals surface area (Å²) in [5.41, 5.74) is 0.904. The second kappa shape index (κ2) is 6.18. The van der Waals surface area contributed by atoms with Crippen molar-refractivity contribution in [3.8, 4) is 0 Å². The second-order valence-electron chi connectivity index (χ2n) is 2.86. The molecule has 0 spiro atoms. The van der Waals surface area contributed by atoms with Crippen LogP contribution in [0.4, 0.5) is 0 Å². The number of carbonyl (C=O) groups excluding carboxylic acids is 1. The Morgan fingerprint density at radius 3 is 2.62 bits per heavy atom. The van der Waals surface area contributed by atoms with Crippen molar-refractivity contribution in [3.63, 3.8) is 0 Å². The number of carbonyl (C=O) groups is 1. The molecular weight excluding hydrogens is 276 g/mol. The van der Waals surface area contributed by atoms with Crippen LogP contribution >= 0.6 is 0 Å². The number of benzene rings is 1. The molecule has 1 rings (SSSR count). The second-order valence-corrected chi connectivity index (χ2v) is 5.90. The molecule has 0 heterocycles. The van der Waals surface area contributed by atoms with Crippen molar-refractivity contribution in [2.45, 2.75) is 24.2 Å². The van der Waals surface area contributed by atoms with Gasteiger partial charge < -0.3 is 0 Å². The van der Waals surface area contributed by atoms with E-state index in [0.717, 1.165) is 10.0 Å². The van der Waals surface area contributed by atoms with Gasteiger partial charge >= 0.3 is 89.7 Å². The van der Waals surface area contributed by atoms with E-state index in [9.17, 15) is 4.79 Å². The Morgan fingerprint density at radius 1 is 1.31 bits per heavy atom. The van der Waals surface area contributed by atoms with E-state index in [0.29, 0.717) is 3.83 Å². The average Bonchev–Trinajstić information content (AvgIpc) is 2.19. The SMILES string of the molecule is CCCC[Te]C(=O)c1ccccc1. The van der Waals surface area contributed by atoms with Crippen molar-refractivity contribution >= 4 is 24.8 Å². The van der Waals surface area contributed by atoms with Gasteiger partial charge in [-0.05, 0) is 0 Å². The Labute approximate surface area is 89.6 Å². The third-order valence-corrected chi connectivity index (χ3v) is 4.57. The molecule has 0 aromatic heterocycles. The standard InChI is InChI=1S/C11H14OTe/c1-2-3-9-13-11(12)10-7-5-4-6-8-10/h4-8H,2-3,9H2,1H3. The molecule has 0 unspecified atom stereocenters. The zero-order chi connectivity index (χ0) is 9.52. The Kier molecular flexibility index (Phi) is 5.12. The van der Waals surface area contributed by atoms with Crippen LogP contribution in [-0.4, -0.2) is 24.8 Å². The molecule has 1 aromatic rings. The predicted octanol–water partition coefficient (Wildman–Crippen LogP) is 2.75. The first-order valence-electron chi connectivity index (χ1n) is 4.56. The molecule has 0 saturated carbocycles. The van der Waals surface area contributed by atoms with E-state index < -0.39 is 20.9 Å². The van der Waals surface area contributed by atoms with Crippen LogP contribution in [0.2, 0.25) is 4.47 Å². The molecule has 2 heteroatoms. The molecule has 0 amide bonds. The van der Waals surface area contributed by atoms with Crippen LogP contribution in [0.3, 0.4) is 0 Å². The summed E-state index contributed by atoms with van der Waals surface area (Å²) in [7, 11) is 0. The molecule has 0 aliphatic carbocycles. The zero-order valence-electron chi connectivity index (χ0n) is 7.82. The minimum absolute atomic E-state index is 0.402. The van der Waals surface area contributed by atoms with Gasteiger partial charge in [0.2, 0.25) is 0 Å². The molecule has 0 saturated heterocycles. The summed E-state index contributed by atoms with van der Waals surface area (Å²) in [4.78, 5) is 11.6. The molecule has 0 fully saturated rings. The summed E-state index contributed by atoms with van der Waals surface area (Å²) in [6.45, 7) is 2.17. The van der Waals surface area contributed by atoms with Crippen LogP contribution in [0, 0.1) is 0 Å². The van der Waals surface area contributed by atoms with E-state index in [1.54, 1.807) is 0 Å². The van der Waals surface area contributed by atoms with Crippen LogP contribution in [0.1, 0.15) is 30.1 Å². The van der Waals surface area contributed by atoms with Gasteiger partial charge in [-0.1, -0.05) is 0 Å². The van der Waals surface area contributed by atoms with Crippen molar-refractivity contribution in [3.05, 3.63) is 35.9 Å². The summed E-state index contributed by atoms with van der Waals surface area (Å²) in [6, 6.07) is 9.64. The van der Waals surface area contributed by atoms with Gasteiger partial charge in [0.1, 0.15) is 0 Å². The molecule has 0 N–H and O–H groups in total. The van der Waals surface area contributed by atoms with Crippen molar-refractivity contribution in [2.24, 2.45) is 0 Å². The van der Waals surface area contributed by atoms with Crippen LogP contribution in [0.5, 0.6) is 0 Å². The third-order valence-electron chi connectivity index (χ3n) is 1.74. The first-order valence-corrected chi connectivity index (χ1v) is 7.38. The summed E-state index contributed by atoms with van der Waals surface area (Å²) in [6.07, 6.45) is 2.41. The monoisotopic (exact) mass is 292 g/mol. The van der Waals surface area contributed by atoms with Gasteiger partial charge in [0.05, 0.1) is 0 Å². The van der Waals surface area contributed by atoms with Gasteiger partial charge in [-0.15, -0.1) is 0 Å². The molecule has 1 aromatic carbocycles. The van der Waals surface area contributed by atoms with Crippen LogP contribution in [0.15, 0.2) is 30.3 Å². The molecule has 0 aliphatic rings. The van der Waals surface area contributed by atoms with Crippen LogP contribution < -0.4 is 0 Å². The van der Waals surface area contributed by atoms with Gasteiger partial charge in [-0.3, -0.25) is 0 Å². The van der Waals surface area contributed by atoms with Crippen LogP contribution in [0.25, 0.3) is 0 Å². The topological polar surface area (TPSA) is 17.1 Å². The van der Waals surface area contributed by atoms with Crippen molar-refractivity contribution < 1.29 is 4.79 Å². The van der Waals surface area contributed by atoms with E-state index in [-0.39, 0.29) is 0 Å². The first-order chi connectivity index (χ1) is 6.34. The van der Waals surface area contributed by atoms with Gasteiger partial charge in [-0.2, -0.15) is 0 Å². The summed E-state index contributed by atoms with van der Waals surface area (Å²) >= 11 is -0.435. The van der Waals surface area contributed by atoms with Crippen molar-refractivity contribution in [1.82, 2.24) is 0 Å². The molecule has 1 nitrogen and oxygen atoms in total. The van der Waals surface area contributed by atoms with Crippen LogP contribution in [-0.2, 0) is 0 Å². The predicted molar refractivity (Wildman–Crippen MR) is 56.2 cm³/mol. The quantitative estimate of drug-likeness (QED) is 0.602. The normalized spacial score (nSPS) is 9.92. The van der Waals surface area contributed by atoms with Gasteiger partial charge in [-0.25, -0.2) is 0 Å². The molecular formula is C11H14OTe. The number of unbranched alkanes of at least 4 members (excludes halogenated alkanes) is 1. The number of hydrogen-bond donors (Lipinski definition) is 0.